The molecule has 0 aromatic carbocycles. The van der Waals surface area contributed by atoms with Crippen LogP contribution in [0.1, 0.15) is 53.3 Å². The number of rotatable bonds is 6. The molecule has 10 heteroatoms. The number of piperidine rings is 1. The summed E-state index contributed by atoms with van der Waals surface area (Å²) in [6.45, 7) is 3.99. The van der Waals surface area contributed by atoms with Gasteiger partial charge in [-0.2, -0.15) is 5.10 Å². The average molecular weight is 418 g/mol. The van der Waals surface area contributed by atoms with Gasteiger partial charge < -0.3 is 20.9 Å². The number of hydrogen-bond acceptors (Lipinski definition) is 6. The van der Waals surface area contributed by atoms with E-state index in [1.807, 2.05) is 0 Å². The number of nitrogens with one attached hydrogen (secondary N) is 2. The topological polar surface area (TPSA) is 120 Å². The van der Waals surface area contributed by atoms with Crippen LogP contribution in [0.4, 0.5) is 9.93 Å². The Kier molecular flexibility index (Phi) is 5.98. The lowest BCUT2D eigenvalue weighted by molar-refractivity contribution is 0.0998. The van der Waals surface area contributed by atoms with Gasteiger partial charge in [0.2, 0.25) is 0 Å². The molecule has 2 aliphatic rings. The van der Waals surface area contributed by atoms with Crippen LogP contribution in [-0.2, 0) is 6.42 Å². The normalized spacial score (nSPS) is 19.5. The molecule has 2 saturated heterocycles. The third kappa shape index (κ3) is 4.52. The maximum Gasteiger partial charge on any atom is 0.317 e. The van der Waals surface area contributed by atoms with E-state index in [1.54, 1.807) is 16.2 Å². The molecule has 0 aliphatic carbocycles. The number of H-pyrrole nitrogens is 1. The number of hydrogen-bond donors (Lipinski definition) is 3. The molecule has 29 heavy (non-hydrogen) atoms. The van der Waals surface area contributed by atoms with E-state index < -0.39 is 5.91 Å². The van der Waals surface area contributed by atoms with Gasteiger partial charge in [-0.05, 0) is 25.7 Å². The maximum absolute atomic E-state index is 12.6. The molecule has 9 nitrogen and oxygen atoms in total. The first-order valence-electron chi connectivity index (χ1n) is 10.2. The number of carbonyl (C=O) groups is 2. The van der Waals surface area contributed by atoms with Crippen LogP contribution in [0.5, 0.6) is 0 Å². The Morgan fingerprint density at radius 2 is 2.10 bits per heavy atom. The second kappa shape index (κ2) is 8.81. The van der Waals surface area contributed by atoms with E-state index >= 15 is 0 Å². The third-order valence-corrected chi connectivity index (χ3v) is 6.57. The Labute approximate surface area is 173 Å². The molecule has 1 atom stereocenters. The van der Waals surface area contributed by atoms with Gasteiger partial charge in [0.25, 0.3) is 5.91 Å². The maximum atomic E-state index is 12.6. The number of urea groups is 1. The number of nitrogens with zero attached hydrogens (tertiary/aromatic N) is 4. The van der Waals surface area contributed by atoms with E-state index in [4.69, 9.17) is 10.7 Å². The van der Waals surface area contributed by atoms with Gasteiger partial charge in [-0.25, -0.2) is 9.78 Å². The predicted octanol–water partition coefficient (Wildman–Crippen LogP) is 1.70. The van der Waals surface area contributed by atoms with Crippen molar-refractivity contribution in [3.8, 4) is 0 Å². The van der Waals surface area contributed by atoms with E-state index in [0.29, 0.717) is 25.2 Å². The fourth-order valence-electron chi connectivity index (χ4n) is 4.07. The second-order valence-corrected chi connectivity index (χ2v) is 8.48. The minimum absolute atomic E-state index is 0.0426. The molecule has 2 fully saturated rings. The summed E-state index contributed by atoms with van der Waals surface area (Å²) in [7, 11) is 0. The van der Waals surface area contributed by atoms with Crippen molar-refractivity contribution in [2.24, 2.45) is 5.73 Å². The van der Waals surface area contributed by atoms with Crippen molar-refractivity contribution in [3.63, 3.8) is 0 Å². The summed E-state index contributed by atoms with van der Waals surface area (Å²) >= 11 is 1.68. The molecule has 0 saturated carbocycles. The molecule has 2 aromatic rings. The zero-order valence-electron chi connectivity index (χ0n) is 16.4. The molecule has 1 unspecified atom stereocenters. The Morgan fingerprint density at radius 1 is 1.28 bits per heavy atom. The lowest BCUT2D eigenvalue weighted by Gasteiger charge is -2.32. The first kappa shape index (κ1) is 19.7. The summed E-state index contributed by atoms with van der Waals surface area (Å²) in [6, 6.07) is -0.0789. The zero-order chi connectivity index (χ0) is 20.2. The zero-order valence-corrected chi connectivity index (χ0v) is 17.2. The van der Waals surface area contributed by atoms with Crippen LogP contribution >= 0.6 is 11.3 Å². The van der Waals surface area contributed by atoms with Crippen molar-refractivity contribution in [1.82, 2.24) is 25.4 Å². The molecule has 4 heterocycles. The minimum Gasteiger partial charge on any atom is -0.365 e. The smallest absolute Gasteiger partial charge is 0.317 e. The van der Waals surface area contributed by atoms with Gasteiger partial charge in [-0.1, -0.05) is 0 Å². The lowest BCUT2D eigenvalue weighted by atomic mass is 9.92. The molecule has 0 radical (unpaired) electrons. The van der Waals surface area contributed by atoms with Crippen LogP contribution in [0.25, 0.3) is 0 Å². The highest BCUT2D eigenvalue weighted by atomic mass is 32.1. The summed E-state index contributed by atoms with van der Waals surface area (Å²) in [6.07, 6.45) is 6.42. The summed E-state index contributed by atoms with van der Waals surface area (Å²) < 4.78 is 0. The number of carbonyl (C=O) groups excluding carboxylic acids is 2. The number of likely N-dealkylation sites (tertiary alicyclic amines) is 1. The van der Waals surface area contributed by atoms with Crippen molar-refractivity contribution in [2.75, 3.05) is 37.6 Å². The van der Waals surface area contributed by atoms with E-state index in [-0.39, 0.29) is 11.9 Å². The van der Waals surface area contributed by atoms with Gasteiger partial charge in [0.1, 0.15) is 0 Å². The van der Waals surface area contributed by atoms with E-state index in [9.17, 15) is 9.59 Å². The number of nitrogens with two attached hydrogens (primary N) is 1. The van der Waals surface area contributed by atoms with Crippen LogP contribution in [0.3, 0.4) is 0 Å². The number of amides is 3. The van der Waals surface area contributed by atoms with Crippen LogP contribution < -0.4 is 16.0 Å². The highest BCUT2D eigenvalue weighted by molar-refractivity contribution is 7.13. The molecule has 2 aliphatic heterocycles. The van der Waals surface area contributed by atoms with Crippen molar-refractivity contribution in [1.29, 1.82) is 0 Å². The standard InChI is InChI=1S/C19H27N7O2S/c20-17(27)15-10-22-24-16(15)13-4-3-9-26(11-13)18(28)21-6-5-14-12-29-19(23-14)25-7-1-2-8-25/h10,12-13H,1-9,11H2,(H2,20,27)(H,21,28)(H,22,24). The van der Waals surface area contributed by atoms with E-state index in [1.165, 1.54) is 19.0 Å². The molecule has 4 N–H and O–H groups in total. The Morgan fingerprint density at radius 3 is 2.90 bits per heavy atom. The van der Waals surface area contributed by atoms with Crippen molar-refractivity contribution in [3.05, 3.63) is 28.5 Å². The molecule has 0 bridgehead atoms. The molecule has 2 aromatic heterocycles. The first-order chi connectivity index (χ1) is 14.1. The third-order valence-electron chi connectivity index (χ3n) is 5.62. The molecule has 156 valence electrons. The van der Waals surface area contributed by atoms with Gasteiger partial charge >= 0.3 is 6.03 Å². The summed E-state index contributed by atoms with van der Waals surface area (Å²) in [5, 5.41) is 13.0. The molecular weight excluding hydrogens is 390 g/mol. The first-order valence-corrected chi connectivity index (χ1v) is 11.0. The second-order valence-electron chi connectivity index (χ2n) is 7.64. The minimum atomic E-state index is -0.494. The quantitative estimate of drug-likeness (QED) is 0.661. The molecule has 3 amide bonds. The van der Waals surface area contributed by atoms with Crippen molar-refractivity contribution in [2.45, 2.75) is 38.0 Å². The van der Waals surface area contributed by atoms with Crippen molar-refractivity contribution < 1.29 is 9.59 Å². The number of primary amides is 1. The largest absolute Gasteiger partial charge is 0.365 e. The average Bonchev–Trinajstić information content (AvgIpc) is 3.48. The van der Waals surface area contributed by atoms with Crippen LogP contribution in [0.15, 0.2) is 11.6 Å². The number of aromatic nitrogens is 3. The Balaban J connectivity index is 1.27. The monoisotopic (exact) mass is 417 g/mol. The molecule has 4 rings (SSSR count). The fraction of sp³-hybridized carbons (Fsp3) is 0.579. The number of thiazole rings is 1. The lowest BCUT2D eigenvalue weighted by Crippen LogP contribution is -2.45. The highest BCUT2D eigenvalue weighted by Crippen LogP contribution is 2.28. The predicted molar refractivity (Wildman–Crippen MR) is 111 cm³/mol. The highest BCUT2D eigenvalue weighted by Gasteiger charge is 2.28. The summed E-state index contributed by atoms with van der Waals surface area (Å²) in [5.41, 5.74) is 7.59. The van der Waals surface area contributed by atoms with Crippen LogP contribution in [0, 0.1) is 0 Å². The summed E-state index contributed by atoms with van der Waals surface area (Å²) in [4.78, 5) is 33.0. The Hall–Kier alpha value is -2.62. The number of anilines is 1. The van der Waals surface area contributed by atoms with Gasteiger partial charge in [-0.15, -0.1) is 11.3 Å². The Bertz CT molecular complexity index is 858. The van der Waals surface area contributed by atoms with Gasteiger partial charge in [0.05, 0.1) is 23.1 Å². The SMILES string of the molecule is NC(=O)c1cn[nH]c1C1CCCN(C(=O)NCCc2csc(N3CCCC3)n2)C1. The van der Waals surface area contributed by atoms with E-state index in [0.717, 1.165) is 48.9 Å². The van der Waals surface area contributed by atoms with Crippen LogP contribution in [0.2, 0.25) is 0 Å². The van der Waals surface area contributed by atoms with Crippen molar-refractivity contribution >= 4 is 28.4 Å². The molecular formula is C19H27N7O2S. The summed E-state index contributed by atoms with van der Waals surface area (Å²) in [5.74, 6) is -0.451. The van der Waals surface area contributed by atoms with Gasteiger partial charge in [-0.3, -0.25) is 9.89 Å². The molecule has 0 spiro atoms. The van der Waals surface area contributed by atoms with Gasteiger partial charge in [0.15, 0.2) is 5.13 Å². The van der Waals surface area contributed by atoms with E-state index in [2.05, 4.69) is 25.8 Å². The van der Waals surface area contributed by atoms with Crippen LogP contribution in [-0.4, -0.2) is 64.7 Å². The number of aromatic amines is 1. The van der Waals surface area contributed by atoms with Gasteiger partial charge in [0, 0.05) is 50.4 Å². The fourth-order valence-corrected chi connectivity index (χ4v) is 4.99.